The number of likely N-dealkylation sites (N-methyl/N-ethyl adjacent to an activating group) is 1. The van der Waals surface area contributed by atoms with Crippen LogP contribution in [-0.4, -0.2) is 31.1 Å². The quantitative estimate of drug-likeness (QED) is 0.789. The largest absolute Gasteiger partial charge is 0.468 e. The summed E-state index contributed by atoms with van der Waals surface area (Å²) in [5, 5.41) is 3.29. The molecule has 3 heteroatoms. The highest BCUT2D eigenvalue weighted by Gasteiger charge is 2.28. The Balaban J connectivity index is 2.04. The summed E-state index contributed by atoms with van der Waals surface area (Å²) in [6.07, 6.45) is 2.85. The standard InChI is InChI=1S/C11H18N2O/c1-3-10(11-5-4-6-14-11)13(2)9-7-12-8-9/h4-6,9-10,12H,3,7-8H2,1-2H3. The van der Waals surface area contributed by atoms with E-state index in [1.807, 2.05) is 6.07 Å². The first-order valence-corrected chi connectivity index (χ1v) is 5.29. The molecule has 78 valence electrons. The van der Waals surface area contributed by atoms with Gasteiger partial charge in [0.05, 0.1) is 12.3 Å². The van der Waals surface area contributed by atoms with E-state index >= 15 is 0 Å². The molecule has 1 N–H and O–H groups in total. The van der Waals surface area contributed by atoms with Crippen molar-refractivity contribution in [1.82, 2.24) is 10.2 Å². The summed E-state index contributed by atoms with van der Waals surface area (Å²) in [6, 6.07) is 5.13. The zero-order chi connectivity index (χ0) is 9.97. The second-order valence-electron chi connectivity index (χ2n) is 3.92. The van der Waals surface area contributed by atoms with Crippen LogP contribution in [-0.2, 0) is 0 Å². The molecule has 0 amide bonds. The van der Waals surface area contributed by atoms with Crippen LogP contribution in [0.15, 0.2) is 22.8 Å². The summed E-state index contributed by atoms with van der Waals surface area (Å²) in [5.74, 6) is 1.09. The molecule has 1 aliphatic rings. The molecule has 2 heterocycles. The normalized spacial score (nSPS) is 19.6. The van der Waals surface area contributed by atoms with Gasteiger partial charge in [0.25, 0.3) is 0 Å². The third-order valence-electron chi connectivity index (χ3n) is 3.09. The molecule has 1 atom stereocenters. The average molecular weight is 194 g/mol. The van der Waals surface area contributed by atoms with Gasteiger partial charge in [-0.25, -0.2) is 0 Å². The smallest absolute Gasteiger partial charge is 0.120 e. The van der Waals surface area contributed by atoms with Crippen molar-refractivity contribution in [2.45, 2.75) is 25.4 Å². The second kappa shape index (κ2) is 4.15. The summed E-state index contributed by atoms with van der Waals surface area (Å²) in [7, 11) is 2.18. The van der Waals surface area contributed by atoms with Gasteiger partial charge in [-0.05, 0) is 25.6 Å². The molecule has 1 saturated heterocycles. The van der Waals surface area contributed by atoms with Crippen LogP contribution >= 0.6 is 0 Å². The highest BCUT2D eigenvalue weighted by molar-refractivity contribution is 5.05. The number of nitrogens with one attached hydrogen (secondary N) is 1. The molecule has 1 fully saturated rings. The van der Waals surface area contributed by atoms with Crippen molar-refractivity contribution in [2.75, 3.05) is 20.1 Å². The lowest BCUT2D eigenvalue weighted by Crippen LogP contribution is -2.56. The van der Waals surface area contributed by atoms with E-state index in [0.29, 0.717) is 12.1 Å². The Kier molecular flexibility index (Phi) is 2.89. The number of rotatable bonds is 4. The van der Waals surface area contributed by atoms with Gasteiger partial charge in [-0.2, -0.15) is 0 Å². The molecule has 0 saturated carbocycles. The van der Waals surface area contributed by atoms with E-state index in [1.54, 1.807) is 6.26 Å². The number of hydrogen-bond acceptors (Lipinski definition) is 3. The first-order valence-electron chi connectivity index (χ1n) is 5.29. The Bertz CT molecular complexity index is 267. The third-order valence-corrected chi connectivity index (χ3v) is 3.09. The molecule has 1 aromatic heterocycles. The van der Waals surface area contributed by atoms with Crippen LogP contribution in [0.3, 0.4) is 0 Å². The van der Waals surface area contributed by atoms with Gasteiger partial charge in [-0.3, -0.25) is 4.90 Å². The van der Waals surface area contributed by atoms with Gasteiger partial charge in [0.2, 0.25) is 0 Å². The molecule has 0 aromatic carbocycles. The molecule has 14 heavy (non-hydrogen) atoms. The summed E-state index contributed by atoms with van der Waals surface area (Å²) in [5.41, 5.74) is 0. The Labute approximate surface area is 85.1 Å². The summed E-state index contributed by atoms with van der Waals surface area (Å²) in [4.78, 5) is 2.41. The molecule has 1 aliphatic heterocycles. The van der Waals surface area contributed by atoms with Crippen LogP contribution in [0.1, 0.15) is 25.1 Å². The predicted octanol–water partition coefficient (Wildman–Crippen LogP) is 1.63. The Morgan fingerprint density at radius 2 is 2.43 bits per heavy atom. The van der Waals surface area contributed by atoms with Crippen molar-refractivity contribution in [3.8, 4) is 0 Å². The SMILES string of the molecule is CCC(c1ccco1)N(C)C1CNC1. The molecule has 0 aliphatic carbocycles. The van der Waals surface area contributed by atoms with Gasteiger partial charge in [-0.1, -0.05) is 6.92 Å². The topological polar surface area (TPSA) is 28.4 Å². The van der Waals surface area contributed by atoms with Crippen molar-refractivity contribution >= 4 is 0 Å². The van der Waals surface area contributed by atoms with Crippen molar-refractivity contribution in [2.24, 2.45) is 0 Å². The lowest BCUT2D eigenvalue weighted by atomic mass is 10.1. The van der Waals surface area contributed by atoms with Crippen molar-refractivity contribution in [3.63, 3.8) is 0 Å². The van der Waals surface area contributed by atoms with Crippen LogP contribution in [0.2, 0.25) is 0 Å². The fourth-order valence-electron chi connectivity index (χ4n) is 1.99. The zero-order valence-electron chi connectivity index (χ0n) is 8.86. The maximum atomic E-state index is 5.46. The van der Waals surface area contributed by atoms with Gasteiger partial charge >= 0.3 is 0 Å². The van der Waals surface area contributed by atoms with Crippen molar-refractivity contribution in [3.05, 3.63) is 24.2 Å². The molecule has 3 nitrogen and oxygen atoms in total. The molecule has 0 spiro atoms. The van der Waals surface area contributed by atoms with E-state index in [0.717, 1.165) is 25.3 Å². The van der Waals surface area contributed by atoms with Crippen LogP contribution in [0.25, 0.3) is 0 Å². The van der Waals surface area contributed by atoms with E-state index < -0.39 is 0 Å². The minimum atomic E-state index is 0.428. The molecular weight excluding hydrogens is 176 g/mol. The van der Waals surface area contributed by atoms with Gasteiger partial charge in [0.1, 0.15) is 5.76 Å². The monoisotopic (exact) mass is 194 g/mol. The Morgan fingerprint density at radius 3 is 2.86 bits per heavy atom. The molecule has 1 aromatic rings. The highest BCUT2D eigenvalue weighted by Crippen LogP contribution is 2.25. The van der Waals surface area contributed by atoms with E-state index in [2.05, 4.69) is 30.3 Å². The molecule has 2 rings (SSSR count). The van der Waals surface area contributed by atoms with E-state index in [9.17, 15) is 0 Å². The molecule has 1 unspecified atom stereocenters. The number of nitrogens with zero attached hydrogens (tertiary/aromatic N) is 1. The summed E-state index contributed by atoms with van der Waals surface area (Å²) >= 11 is 0. The van der Waals surface area contributed by atoms with Crippen molar-refractivity contribution < 1.29 is 4.42 Å². The average Bonchev–Trinajstić information content (AvgIpc) is 2.55. The van der Waals surface area contributed by atoms with Crippen LogP contribution < -0.4 is 5.32 Å². The predicted molar refractivity (Wildman–Crippen MR) is 56.2 cm³/mol. The van der Waals surface area contributed by atoms with Crippen LogP contribution in [0.4, 0.5) is 0 Å². The maximum absolute atomic E-state index is 5.46. The highest BCUT2D eigenvalue weighted by atomic mass is 16.3. The van der Waals surface area contributed by atoms with Crippen LogP contribution in [0, 0.1) is 0 Å². The maximum Gasteiger partial charge on any atom is 0.120 e. The van der Waals surface area contributed by atoms with E-state index in [-0.39, 0.29) is 0 Å². The van der Waals surface area contributed by atoms with Gasteiger partial charge in [-0.15, -0.1) is 0 Å². The number of furan rings is 1. The van der Waals surface area contributed by atoms with E-state index in [4.69, 9.17) is 4.42 Å². The van der Waals surface area contributed by atoms with Crippen LogP contribution in [0.5, 0.6) is 0 Å². The van der Waals surface area contributed by atoms with Gasteiger partial charge in [0.15, 0.2) is 0 Å². The molecular formula is C11H18N2O. The fraction of sp³-hybridized carbons (Fsp3) is 0.636. The lowest BCUT2D eigenvalue weighted by molar-refractivity contribution is 0.110. The third kappa shape index (κ3) is 1.70. The Hall–Kier alpha value is -0.800. The molecule has 0 radical (unpaired) electrons. The second-order valence-corrected chi connectivity index (χ2v) is 3.92. The molecule has 0 bridgehead atoms. The Morgan fingerprint density at radius 1 is 1.64 bits per heavy atom. The van der Waals surface area contributed by atoms with Crippen molar-refractivity contribution in [1.29, 1.82) is 0 Å². The van der Waals surface area contributed by atoms with Gasteiger partial charge < -0.3 is 9.73 Å². The summed E-state index contributed by atoms with van der Waals surface area (Å²) in [6.45, 7) is 4.41. The fourth-order valence-corrected chi connectivity index (χ4v) is 1.99. The minimum Gasteiger partial charge on any atom is -0.468 e. The first-order chi connectivity index (χ1) is 6.83. The number of hydrogen-bond donors (Lipinski definition) is 1. The first kappa shape index (κ1) is 9.74. The van der Waals surface area contributed by atoms with Gasteiger partial charge in [0, 0.05) is 19.1 Å². The minimum absolute atomic E-state index is 0.428. The summed E-state index contributed by atoms with van der Waals surface area (Å²) < 4.78 is 5.46. The van der Waals surface area contributed by atoms with E-state index in [1.165, 1.54) is 0 Å². The lowest BCUT2D eigenvalue weighted by Gasteiger charge is -2.39. The zero-order valence-corrected chi connectivity index (χ0v) is 8.86.